The SMILES string of the molecule is Cc1sc(C)c(P(=O)(c2ccccc2)c2ccccc2)c1C1CCOC1. The van der Waals surface area contributed by atoms with E-state index >= 15 is 0 Å². The zero-order valence-corrected chi connectivity index (χ0v) is 16.9. The molecule has 0 radical (unpaired) electrons. The molecule has 0 bridgehead atoms. The van der Waals surface area contributed by atoms with E-state index in [0.717, 1.165) is 35.5 Å². The number of thiophene rings is 1. The van der Waals surface area contributed by atoms with Crippen LogP contribution in [0.15, 0.2) is 60.7 Å². The van der Waals surface area contributed by atoms with Gasteiger partial charge in [0.2, 0.25) is 0 Å². The molecule has 2 aromatic carbocycles. The van der Waals surface area contributed by atoms with E-state index in [0.29, 0.717) is 5.92 Å². The Bertz CT molecular complexity index is 898. The predicted octanol–water partition coefficient (Wildman–Crippen LogP) is 4.51. The van der Waals surface area contributed by atoms with Crippen LogP contribution in [0, 0.1) is 13.8 Å². The van der Waals surface area contributed by atoms with Crippen molar-refractivity contribution in [2.45, 2.75) is 26.2 Å². The van der Waals surface area contributed by atoms with Crippen LogP contribution in [0.4, 0.5) is 0 Å². The Morgan fingerprint density at radius 2 is 1.50 bits per heavy atom. The molecule has 0 saturated carbocycles. The van der Waals surface area contributed by atoms with Crippen LogP contribution in [0.3, 0.4) is 0 Å². The Hall–Kier alpha value is -1.67. The molecular formula is C22H23O2PS. The van der Waals surface area contributed by atoms with Crippen molar-refractivity contribution in [2.75, 3.05) is 13.2 Å². The zero-order chi connectivity index (χ0) is 18.1. The first-order valence-electron chi connectivity index (χ1n) is 9.02. The first-order valence-corrected chi connectivity index (χ1v) is 11.5. The van der Waals surface area contributed by atoms with Gasteiger partial charge >= 0.3 is 0 Å². The van der Waals surface area contributed by atoms with E-state index in [1.807, 2.05) is 60.7 Å². The van der Waals surface area contributed by atoms with Gasteiger partial charge in [-0.15, -0.1) is 11.3 Å². The van der Waals surface area contributed by atoms with Gasteiger partial charge in [-0.3, -0.25) is 0 Å². The predicted molar refractivity (Wildman–Crippen MR) is 111 cm³/mol. The molecule has 3 aromatic rings. The summed E-state index contributed by atoms with van der Waals surface area (Å²) in [5.74, 6) is 0.343. The maximum Gasteiger partial charge on any atom is 0.172 e. The summed E-state index contributed by atoms with van der Waals surface area (Å²) in [7, 11) is -2.93. The molecule has 0 amide bonds. The highest BCUT2D eigenvalue weighted by atomic mass is 32.1. The van der Waals surface area contributed by atoms with E-state index in [-0.39, 0.29) is 0 Å². The lowest BCUT2D eigenvalue weighted by Gasteiger charge is -2.23. The van der Waals surface area contributed by atoms with E-state index in [9.17, 15) is 4.57 Å². The van der Waals surface area contributed by atoms with E-state index in [1.165, 1.54) is 15.3 Å². The van der Waals surface area contributed by atoms with E-state index < -0.39 is 7.14 Å². The van der Waals surface area contributed by atoms with Gasteiger partial charge in [0.15, 0.2) is 7.14 Å². The second kappa shape index (κ2) is 7.15. The molecule has 1 aromatic heterocycles. The molecule has 0 spiro atoms. The minimum absolute atomic E-state index is 0.343. The van der Waals surface area contributed by atoms with Crippen molar-refractivity contribution >= 4 is 34.4 Å². The van der Waals surface area contributed by atoms with Crippen molar-refractivity contribution in [1.29, 1.82) is 0 Å². The second-order valence-electron chi connectivity index (χ2n) is 6.82. The van der Waals surface area contributed by atoms with Crippen LogP contribution in [0.1, 0.15) is 27.7 Å². The Kier molecular flexibility index (Phi) is 4.88. The van der Waals surface area contributed by atoms with Crippen LogP contribution in [0.2, 0.25) is 0 Å². The van der Waals surface area contributed by atoms with Gasteiger partial charge in [-0.2, -0.15) is 0 Å². The van der Waals surface area contributed by atoms with Crippen LogP contribution in [-0.4, -0.2) is 13.2 Å². The number of benzene rings is 2. The fraction of sp³-hybridized carbons (Fsp3) is 0.273. The van der Waals surface area contributed by atoms with Gasteiger partial charge in [0.1, 0.15) is 0 Å². The third-order valence-corrected chi connectivity index (χ3v) is 9.61. The molecule has 1 fully saturated rings. The highest BCUT2D eigenvalue weighted by Crippen LogP contribution is 2.48. The molecule has 2 nitrogen and oxygen atoms in total. The van der Waals surface area contributed by atoms with Gasteiger partial charge in [0, 0.05) is 38.2 Å². The van der Waals surface area contributed by atoms with E-state index in [1.54, 1.807) is 11.3 Å². The van der Waals surface area contributed by atoms with Crippen molar-refractivity contribution in [3.8, 4) is 0 Å². The molecule has 1 unspecified atom stereocenters. The van der Waals surface area contributed by atoms with E-state index in [2.05, 4.69) is 13.8 Å². The minimum atomic E-state index is -2.93. The van der Waals surface area contributed by atoms with Gasteiger partial charge in [0.05, 0.1) is 6.61 Å². The first kappa shape index (κ1) is 17.7. The Morgan fingerprint density at radius 1 is 0.923 bits per heavy atom. The summed E-state index contributed by atoms with van der Waals surface area (Å²) in [4.78, 5) is 2.44. The molecular weight excluding hydrogens is 359 g/mol. The van der Waals surface area contributed by atoms with Crippen molar-refractivity contribution in [2.24, 2.45) is 0 Å². The summed E-state index contributed by atoms with van der Waals surface area (Å²) in [5.41, 5.74) is 1.26. The molecule has 0 N–H and O–H groups in total. The summed E-state index contributed by atoms with van der Waals surface area (Å²) in [6.45, 7) is 5.80. The molecule has 1 aliphatic heterocycles. The molecule has 2 heterocycles. The van der Waals surface area contributed by atoms with Gasteiger partial charge < -0.3 is 9.30 Å². The molecule has 1 aliphatic rings. The normalized spacial score (nSPS) is 17.5. The van der Waals surface area contributed by atoms with Crippen LogP contribution in [0.25, 0.3) is 0 Å². The summed E-state index contributed by atoms with van der Waals surface area (Å²) in [6, 6.07) is 19.9. The molecule has 134 valence electrons. The fourth-order valence-corrected chi connectivity index (χ4v) is 8.78. The topological polar surface area (TPSA) is 26.3 Å². The summed E-state index contributed by atoms with van der Waals surface area (Å²) < 4.78 is 20.5. The number of hydrogen-bond donors (Lipinski definition) is 0. The molecule has 1 atom stereocenters. The Labute approximate surface area is 159 Å². The Balaban J connectivity index is 2.02. The van der Waals surface area contributed by atoms with Crippen molar-refractivity contribution in [3.05, 3.63) is 76.0 Å². The second-order valence-corrected chi connectivity index (χ2v) is 10.9. The van der Waals surface area contributed by atoms with Crippen LogP contribution >= 0.6 is 18.5 Å². The maximum atomic E-state index is 14.8. The average Bonchev–Trinajstić information content (AvgIpc) is 3.30. The summed E-state index contributed by atoms with van der Waals surface area (Å²) in [6.07, 6.45) is 1.01. The Morgan fingerprint density at radius 3 is 2.00 bits per heavy atom. The lowest BCUT2D eigenvalue weighted by Crippen LogP contribution is -2.28. The first-order chi connectivity index (χ1) is 12.6. The molecule has 4 rings (SSSR count). The molecule has 26 heavy (non-hydrogen) atoms. The maximum absolute atomic E-state index is 14.8. The standard InChI is InChI=1S/C22H23O2PS/c1-16-21(18-13-14-24-15-18)22(17(2)26-16)25(23,19-9-5-3-6-10-19)20-11-7-4-8-12-20/h3-12,18H,13-15H2,1-2H3. The largest absolute Gasteiger partial charge is 0.381 e. The van der Waals surface area contributed by atoms with Crippen molar-refractivity contribution < 1.29 is 9.30 Å². The molecule has 0 aliphatic carbocycles. The zero-order valence-electron chi connectivity index (χ0n) is 15.1. The van der Waals surface area contributed by atoms with Crippen molar-refractivity contribution in [3.63, 3.8) is 0 Å². The number of ether oxygens (including phenoxy) is 1. The fourth-order valence-electron chi connectivity index (χ4n) is 4.01. The number of rotatable bonds is 4. The monoisotopic (exact) mass is 382 g/mol. The van der Waals surface area contributed by atoms with Gasteiger partial charge in [-0.1, -0.05) is 60.7 Å². The lowest BCUT2D eigenvalue weighted by molar-refractivity contribution is 0.194. The van der Waals surface area contributed by atoms with E-state index in [4.69, 9.17) is 4.74 Å². The summed E-state index contributed by atoms with van der Waals surface area (Å²) in [5, 5.41) is 2.87. The lowest BCUT2D eigenvalue weighted by atomic mass is 9.99. The van der Waals surface area contributed by atoms with Crippen molar-refractivity contribution in [1.82, 2.24) is 0 Å². The van der Waals surface area contributed by atoms with Crippen LogP contribution in [0.5, 0.6) is 0 Å². The smallest absolute Gasteiger partial charge is 0.172 e. The quantitative estimate of drug-likeness (QED) is 0.621. The highest BCUT2D eigenvalue weighted by Gasteiger charge is 2.38. The number of hydrogen-bond acceptors (Lipinski definition) is 3. The molecule has 1 saturated heterocycles. The number of aryl methyl sites for hydroxylation is 2. The highest BCUT2D eigenvalue weighted by molar-refractivity contribution is 7.85. The average molecular weight is 382 g/mol. The van der Waals surface area contributed by atoms with Gasteiger partial charge in [-0.05, 0) is 25.8 Å². The minimum Gasteiger partial charge on any atom is -0.381 e. The summed E-state index contributed by atoms with van der Waals surface area (Å²) >= 11 is 1.77. The third kappa shape index (κ3) is 2.89. The van der Waals surface area contributed by atoms with Gasteiger partial charge in [0.25, 0.3) is 0 Å². The molecule has 4 heteroatoms. The third-order valence-electron chi connectivity index (χ3n) is 5.17. The van der Waals surface area contributed by atoms with Crippen LogP contribution < -0.4 is 15.9 Å². The van der Waals surface area contributed by atoms with Crippen LogP contribution in [-0.2, 0) is 9.30 Å². The van der Waals surface area contributed by atoms with Gasteiger partial charge in [-0.25, -0.2) is 0 Å².